The molecule has 1 saturated heterocycles. The average Bonchev–Trinajstić information content (AvgIpc) is 2.83. The van der Waals surface area contributed by atoms with E-state index in [0.717, 1.165) is 16.8 Å². The number of hydrogen-bond donors (Lipinski definition) is 1. The molecule has 1 N–H and O–H groups in total. The Morgan fingerprint density at radius 1 is 1.12 bits per heavy atom. The van der Waals surface area contributed by atoms with Crippen LogP contribution in [-0.4, -0.2) is 26.6 Å². The van der Waals surface area contributed by atoms with Gasteiger partial charge in [0.15, 0.2) is 4.32 Å². The average molecular weight is 358 g/mol. The van der Waals surface area contributed by atoms with Crippen molar-refractivity contribution < 1.29 is 14.3 Å². The zero-order valence-electron chi connectivity index (χ0n) is 12.2. The zero-order valence-corrected chi connectivity index (χ0v) is 13.9. The number of para-hydroxylation sites is 1. The first-order valence-electron chi connectivity index (χ1n) is 6.91. The quantitative estimate of drug-likeness (QED) is 0.516. The summed E-state index contributed by atoms with van der Waals surface area (Å²) in [5, 5.41) is 14.8. The smallest absolute Gasteiger partial charge is 0.286 e. The summed E-state index contributed by atoms with van der Waals surface area (Å²) in [7, 11) is 0. The molecular weight excluding hydrogens is 347 g/mol. The summed E-state index contributed by atoms with van der Waals surface area (Å²) in [6, 6.07) is 12.8. The predicted octanol–water partition coefficient (Wildman–Crippen LogP) is 3.77. The Labute approximate surface area is 147 Å². The van der Waals surface area contributed by atoms with E-state index < -0.39 is 11.7 Å². The molecule has 0 bridgehead atoms. The molecule has 2 aromatic carbocycles. The van der Waals surface area contributed by atoms with Gasteiger partial charge in [-0.15, -0.1) is 0 Å². The Morgan fingerprint density at radius 3 is 2.50 bits per heavy atom. The monoisotopic (exact) mass is 358 g/mol. The normalized spacial score (nSPS) is 16.5. The lowest BCUT2D eigenvalue weighted by molar-refractivity contribution is -0.122. The van der Waals surface area contributed by atoms with Crippen molar-refractivity contribution in [1.29, 1.82) is 0 Å². The van der Waals surface area contributed by atoms with Crippen molar-refractivity contribution in [2.75, 3.05) is 0 Å². The van der Waals surface area contributed by atoms with Crippen LogP contribution in [0.2, 0.25) is 0 Å². The highest BCUT2D eigenvalue weighted by Crippen LogP contribution is 2.34. The standard InChI is InChI=1S/C17H11FN2O2S2/c18-13-7-3-1-6-12(13)10-19-20-16(22)15(24-17(20)23)9-11-5-2-4-8-14(11)21/h1-10,21H/b15-9+,19-10+. The molecule has 7 heteroatoms. The number of phenolic OH excluding ortho intramolecular Hbond substituents is 1. The first-order chi connectivity index (χ1) is 11.6. The zero-order chi connectivity index (χ0) is 17.1. The molecule has 1 amide bonds. The second-order valence-electron chi connectivity index (χ2n) is 4.82. The maximum atomic E-state index is 13.6. The number of rotatable bonds is 3. The SMILES string of the molecule is O=C1/C(=C\c2ccccc2O)SC(=S)N1/N=C/c1ccccc1F. The van der Waals surface area contributed by atoms with E-state index in [-0.39, 0.29) is 15.6 Å². The van der Waals surface area contributed by atoms with Crippen LogP contribution in [0.4, 0.5) is 4.39 Å². The molecule has 0 radical (unpaired) electrons. The van der Waals surface area contributed by atoms with Crippen LogP contribution in [0, 0.1) is 5.82 Å². The van der Waals surface area contributed by atoms with Crippen molar-refractivity contribution >= 4 is 46.5 Å². The number of aromatic hydroxyl groups is 1. The van der Waals surface area contributed by atoms with Crippen molar-refractivity contribution in [3.63, 3.8) is 0 Å². The van der Waals surface area contributed by atoms with Crippen LogP contribution in [-0.2, 0) is 4.79 Å². The van der Waals surface area contributed by atoms with E-state index >= 15 is 0 Å². The highest BCUT2D eigenvalue weighted by molar-refractivity contribution is 8.26. The fourth-order valence-electron chi connectivity index (χ4n) is 2.01. The van der Waals surface area contributed by atoms with Crippen LogP contribution < -0.4 is 0 Å². The summed E-state index contributed by atoms with van der Waals surface area (Å²) in [5.74, 6) is -0.782. The van der Waals surface area contributed by atoms with Crippen molar-refractivity contribution in [1.82, 2.24) is 5.01 Å². The largest absolute Gasteiger partial charge is 0.507 e. The molecule has 0 aliphatic carbocycles. The molecule has 1 aliphatic rings. The van der Waals surface area contributed by atoms with Crippen LogP contribution in [0.1, 0.15) is 11.1 Å². The number of hydrazone groups is 1. The first kappa shape index (κ1) is 16.4. The number of carbonyl (C=O) groups is 1. The molecule has 0 aromatic heterocycles. The van der Waals surface area contributed by atoms with Crippen molar-refractivity contribution in [3.05, 3.63) is 70.4 Å². The maximum Gasteiger partial charge on any atom is 0.286 e. The summed E-state index contributed by atoms with van der Waals surface area (Å²) < 4.78 is 13.8. The minimum Gasteiger partial charge on any atom is -0.507 e. The van der Waals surface area contributed by atoms with Gasteiger partial charge in [0.1, 0.15) is 11.6 Å². The van der Waals surface area contributed by atoms with Crippen molar-refractivity contribution in [2.24, 2.45) is 5.10 Å². The molecule has 0 unspecified atom stereocenters. The minimum atomic E-state index is -0.434. The number of thiocarbonyl (C=S) groups is 1. The number of phenols is 1. The van der Waals surface area contributed by atoms with Gasteiger partial charge >= 0.3 is 0 Å². The second-order valence-corrected chi connectivity index (χ2v) is 6.49. The number of amides is 1. The van der Waals surface area contributed by atoms with Gasteiger partial charge in [-0.2, -0.15) is 10.1 Å². The number of carbonyl (C=O) groups excluding carboxylic acids is 1. The lowest BCUT2D eigenvalue weighted by atomic mass is 10.2. The highest BCUT2D eigenvalue weighted by Gasteiger charge is 2.32. The molecule has 0 saturated carbocycles. The number of hydrogen-bond acceptors (Lipinski definition) is 5. The number of benzene rings is 2. The van der Waals surface area contributed by atoms with Gasteiger partial charge in [-0.25, -0.2) is 4.39 Å². The van der Waals surface area contributed by atoms with Gasteiger partial charge in [-0.1, -0.05) is 48.2 Å². The van der Waals surface area contributed by atoms with Crippen LogP contribution >= 0.6 is 24.0 Å². The molecule has 0 spiro atoms. The third kappa shape index (κ3) is 3.37. The van der Waals surface area contributed by atoms with E-state index in [1.807, 2.05) is 0 Å². The van der Waals surface area contributed by atoms with Gasteiger partial charge in [-0.05, 0) is 30.4 Å². The van der Waals surface area contributed by atoms with Gasteiger partial charge in [0.05, 0.1) is 11.1 Å². The third-order valence-electron chi connectivity index (χ3n) is 3.21. The van der Waals surface area contributed by atoms with Gasteiger partial charge < -0.3 is 5.11 Å². The predicted molar refractivity (Wildman–Crippen MR) is 97.1 cm³/mol. The summed E-state index contributed by atoms with van der Waals surface area (Å²) in [6.45, 7) is 0. The van der Waals surface area contributed by atoms with Gasteiger partial charge in [0.2, 0.25) is 0 Å². The molecule has 24 heavy (non-hydrogen) atoms. The van der Waals surface area contributed by atoms with Gasteiger partial charge in [0, 0.05) is 11.1 Å². The molecule has 3 rings (SSSR count). The number of nitrogens with zero attached hydrogens (tertiary/aromatic N) is 2. The minimum absolute atomic E-state index is 0.0672. The molecule has 1 fully saturated rings. The second kappa shape index (κ2) is 6.94. The van der Waals surface area contributed by atoms with E-state index in [2.05, 4.69) is 5.10 Å². The molecule has 2 aromatic rings. The Hall–Kier alpha value is -2.51. The number of halogens is 1. The van der Waals surface area contributed by atoms with Crippen LogP contribution in [0.25, 0.3) is 6.08 Å². The summed E-state index contributed by atoms with van der Waals surface area (Å²) in [4.78, 5) is 12.7. The van der Waals surface area contributed by atoms with Gasteiger partial charge in [0.25, 0.3) is 5.91 Å². The lowest BCUT2D eigenvalue weighted by Gasteiger charge is -2.06. The van der Waals surface area contributed by atoms with E-state index in [4.69, 9.17) is 12.2 Å². The molecule has 4 nitrogen and oxygen atoms in total. The summed E-state index contributed by atoms with van der Waals surface area (Å²) in [5.41, 5.74) is 0.771. The van der Waals surface area contributed by atoms with Crippen LogP contribution in [0.5, 0.6) is 5.75 Å². The molecule has 1 aliphatic heterocycles. The molecule has 0 atom stereocenters. The van der Waals surface area contributed by atoms with E-state index in [9.17, 15) is 14.3 Å². The Morgan fingerprint density at radius 2 is 1.79 bits per heavy atom. The third-order valence-corrected chi connectivity index (χ3v) is 4.50. The topological polar surface area (TPSA) is 52.9 Å². The molecule has 120 valence electrons. The Kier molecular flexibility index (Phi) is 4.73. The van der Waals surface area contributed by atoms with Gasteiger partial charge in [-0.3, -0.25) is 4.79 Å². The Balaban J connectivity index is 1.85. The van der Waals surface area contributed by atoms with Crippen molar-refractivity contribution in [3.8, 4) is 5.75 Å². The molecular formula is C17H11FN2O2S2. The van der Waals surface area contributed by atoms with E-state index in [1.165, 1.54) is 18.3 Å². The van der Waals surface area contributed by atoms with Crippen molar-refractivity contribution in [2.45, 2.75) is 0 Å². The first-order valence-corrected chi connectivity index (χ1v) is 8.13. The van der Waals surface area contributed by atoms with Crippen LogP contribution in [0.3, 0.4) is 0 Å². The van der Waals surface area contributed by atoms with E-state index in [0.29, 0.717) is 10.5 Å². The Bertz CT molecular complexity index is 880. The van der Waals surface area contributed by atoms with Crippen LogP contribution in [0.15, 0.2) is 58.5 Å². The summed E-state index contributed by atoms with van der Waals surface area (Å²) in [6.07, 6.45) is 2.80. The number of thioether (sulfide) groups is 1. The summed E-state index contributed by atoms with van der Waals surface area (Å²) >= 11 is 6.22. The lowest BCUT2D eigenvalue weighted by Crippen LogP contribution is -2.22. The van der Waals surface area contributed by atoms with E-state index in [1.54, 1.807) is 42.5 Å². The molecule has 1 heterocycles. The fourth-order valence-corrected chi connectivity index (χ4v) is 3.17. The fraction of sp³-hybridized carbons (Fsp3) is 0. The highest BCUT2D eigenvalue weighted by atomic mass is 32.2. The maximum absolute atomic E-state index is 13.6.